The van der Waals surface area contributed by atoms with Crippen molar-refractivity contribution in [2.24, 2.45) is 0 Å². The number of ketones is 1. The number of nitrogens with one attached hydrogen (secondary N) is 1. The molecule has 4 rings (SSSR count). The second kappa shape index (κ2) is 8.43. The van der Waals surface area contributed by atoms with Crippen molar-refractivity contribution in [1.29, 1.82) is 0 Å². The monoisotopic (exact) mass is 428 g/mol. The van der Waals surface area contributed by atoms with Gasteiger partial charge in [-0.05, 0) is 25.3 Å². The fraction of sp³-hybridized carbons (Fsp3) is 0.125. The van der Waals surface area contributed by atoms with Crippen molar-refractivity contribution in [3.05, 3.63) is 92.8 Å². The van der Waals surface area contributed by atoms with E-state index < -0.39 is 10.5 Å². The molecule has 0 unspecified atom stereocenters. The van der Waals surface area contributed by atoms with Crippen LogP contribution in [0.4, 0.5) is 17.1 Å². The molecular formula is C24H20N4O4. The number of carbonyl (C=O) groups is 1. The molecule has 0 bridgehead atoms. The predicted octanol–water partition coefficient (Wildman–Crippen LogP) is 4.94. The largest absolute Gasteiger partial charge is 0.350 e. The Morgan fingerprint density at radius 2 is 1.81 bits per heavy atom. The highest BCUT2D eigenvalue weighted by Crippen LogP contribution is 2.31. The van der Waals surface area contributed by atoms with Crippen LogP contribution in [-0.2, 0) is 6.54 Å². The molecule has 1 aromatic heterocycles. The number of benzene rings is 3. The van der Waals surface area contributed by atoms with E-state index in [-0.39, 0.29) is 35.0 Å². The van der Waals surface area contributed by atoms with Crippen LogP contribution >= 0.6 is 0 Å². The van der Waals surface area contributed by atoms with Gasteiger partial charge in [0, 0.05) is 35.3 Å². The third-order valence-electron chi connectivity index (χ3n) is 5.19. The molecule has 0 saturated heterocycles. The number of Topliss-reactive ketones (excluding diaryl/α,β-unsaturated/α-hetero) is 1. The van der Waals surface area contributed by atoms with Crippen LogP contribution in [0.5, 0.6) is 0 Å². The van der Waals surface area contributed by atoms with Gasteiger partial charge in [0.25, 0.3) is 11.2 Å². The lowest BCUT2D eigenvalue weighted by Gasteiger charge is -2.17. The van der Waals surface area contributed by atoms with Gasteiger partial charge in [0.15, 0.2) is 5.78 Å². The van der Waals surface area contributed by atoms with E-state index in [0.29, 0.717) is 11.3 Å². The predicted molar refractivity (Wildman–Crippen MR) is 123 cm³/mol. The fourth-order valence-electron chi connectivity index (χ4n) is 3.68. The molecule has 0 radical (unpaired) electrons. The maximum absolute atomic E-state index is 13.2. The fourth-order valence-corrected chi connectivity index (χ4v) is 3.68. The SMILES string of the molecule is CCn1nc(-c2cccc([N+](=O)[O-])c2)c(C(C)=O)c(Nc2cccc3ccccc23)c1=O. The summed E-state index contributed by atoms with van der Waals surface area (Å²) in [5.74, 6) is -0.373. The number of hydrogen-bond acceptors (Lipinski definition) is 6. The van der Waals surface area contributed by atoms with Crippen molar-refractivity contribution < 1.29 is 9.72 Å². The van der Waals surface area contributed by atoms with Gasteiger partial charge in [-0.1, -0.05) is 48.5 Å². The van der Waals surface area contributed by atoms with Crippen LogP contribution in [0, 0.1) is 10.1 Å². The number of fused-ring (bicyclic) bond motifs is 1. The zero-order valence-corrected chi connectivity index (χ0v) is 17.5. The van der Waals surface area contributed by atoms with E-state index >= 15 is 0 Å². The number of rotatable bonds is 6. The van der Waals surface area contributed by atoms with E-state index in [1.165, 1.54) is 29.8 Å². The Morgan fingerprint density at radius 1 is 1.09 bits per heavy atom. The quantitative estimate of drug-likeness (QED) is 0.265. The highest BCUT2D eigenvalue weighted by Gasteiger charge is 2.23. The standard InChI is InChI=1S/C24H20N4O4/c1-3-27-24(30)23(25-20-13-7-9-16-8-4-5-12-19(16)20)21(15(2)29)22(26-27)17-10-6-11-18(14-17)28(31)32/h4-14,25H,3H2,1-2H3. The van der Waals surface area contributed by atoms with Gasteiger partial charge in [-0.15, -0.1) is 0 Å². The van der Waals surface area contributed by atoms with Crippen molar-refractivity contribution in [3.63, 3.8) is 0 Å². The Bertz CT molecular complexity index is 1420. The number of nitro benzene ring substituents is 1. The maximum atomic E-state index is 13.2. The molecule has 0 amide bonds. The summed E-state index contributed by atoms with van der Waals surface area (Å²) >= 11 is 0. The van der Waals surface area contributed by atoms with Gasteiger partial charge in [0.1, 0.15) is 11.4 Å². The van der Waals surface area contributed by atoms with Gasteiger partial charge in [-0.2, -0.15) is 5.10 Å². The molecule has 0 spiro atoms. The second-order valence-electron chi connectivity index (χ2n) is 7.23. The van der Waals surface area contributed by atoms with E-state index in [1.807, 2.05) is 42.5 Å². The number of anilines is 2. The number of hydrogen-bond donors (Lipinski definition) is 1. The smallest absolute Gasteiger partial charge is 0.291 e. The van der Waals surface area contributed by atoms with Crippen LogP contribution in [0.2, 0.25) is 0 Å². The highest BCUT2D eigenvalue weighted by atomic mass is 16.6. The van der Waals surface area contributed by atoms with Gasteiger partial charge in [0.2, 0.25) is 0 Å². The van der Waals surface area contributed by atoms with Gasteiger partial charge < -0.3 is 5.32 Å². The first kappa shape index (κ1) is 20.9. The minimum absolute atomic E-state index is 0.0900. The van der Waals surface area contributed by atoms with E-state index in [0.717, 1.165) is 10.8 Å². The zero-order chi connectivity index (χ0) is 22.8. The normalized spacial score (nSPS) is 10.8. The molecule has 0 fully saturated rings. The van der Waals surface area contributed by atoms with Crippen LogP contribution in [0.3, 0.4) is 0 Å². The zero-order valence-electron chi connectivity index (χ0n) is 17.5. The molecule has 0 aliphatic heterocycles. The Hall–Kier alpha value is -4.33. The van der Waals surface area contributed by atoms with Crippen LogP contribution in [0.1, 0.15) is 24.2 Å². The first-order valence-corrected chi connectivity index (χ1v) is 10.1. The Balaban J connectivity index is 1.99. The van der Waals surface area contributed by atoms with Gasteiger partial charge in [-0.3, -0.25) is 19.7 Å². The van der Waals surface area contributed by atoms with Crippen molar-refractivity contribution in [1.82, 2.24) is 9.78 Å². The van der Waals surface area contributed by atoms with E-state index in [4.69, 9.17) is 0 Å². The molecular weight excluding hydrogens is 408 g/mol. The third-order valence-corrected chi connectivity index (χ3v) is 5.19. The third kappa shape index (κ3) is 3.74. The van der Waals surface area contributed by atoms with Gasteiger partial charge in [-0.25, -0.2) is 4.68 Å². The molecule has 4 aromatic rings. The second-order valence-corrected chi connectivity index (χ2v) is 7.23. The molecule has 0 atom stereocenters. The molecule has 8 nitrogen and oxygen atoms in total. The first-order chi connectivity index (χ1) is 15.4. The number of carbonyl (C=O) groups excluding carboxylic acids is 1. The minimum atomic E-state index is -0.512. The van der Waals surface area contributed by atoms with E-state index in [2.05, 4.69) is 10.4 Å². The number of aromatic nitrogens is 2. The lowest BCUT2D eigenvalue weighted by atomic mass is 10.0. The average Bonchev–Trinajstić information content (AvgIpc) is 2.80. The summed E-state index contributed by atoms with van der Waals surface area (Å²) in [7, 11) is 0. The lowest BCUT2D eigenvalue weighted by Crippen LogP contribution is -2.28. The topological polar surface area (TPSA) is 107 Å². The van der Waals surface area contributed by atoms with Crippen LogP contribution in [0.15, 0.2) is 71.5 Å². The summed E-state index contributed by atoms with van der Waals surface area (Å²) in [6.45, 7) is 3.38. The van der Waals surface area contributed by atoms with Crippen molar-refractivity contribution in [3.8, 4) is 11.3 Å². The Morgan fingerprint density at radius 3 is 2.53 bits per heavy atom. The number of nitrogens with zero attached hydrogens (tertiary/aromatic N) is 3. The minimum Gasteiger partial charge on any atom is -0.350 e. The summed E-state index contributed by atoms with van der Waals surface area (Å²) in [5.41, 5.74) is 0.872. The summed E-state index contributed by atoms with van der Waals surface area (Å²) in [4.78, 5) is 36.7. The number of aryl methyl sites for hydroxylation is 1. The van der Waals surface area contributed by atoms with Gasteiger partial charge >= 0.3 is 0 Å². The molecule has 0 saturated carbocycles. The van der Waals surface area contributed by atoms with E-state index in [9.17, 15) is 19.7 Å². The summed E-state index contributed by atoms with van der Waals surface area (Å²) in [6, 6.07) is 19.2. The molecule has 160 valence electrons. The average molecular weight is 428 g/mol. The van der Waals surface area contributed by atoms with Gasteiger partial charge in [0.05, 0.1) is 10.5 Å². The molecule has 0 aliphatic rings. The molecule has 1 heterocycles. The molecule has 1 N–H and O–H groups in total. The summed E-state index contributed by atoms with van der Waals surface area (Å²) in [6.07, 6.45) is 0. The molecule has 8 heteroatoms. The maximum Gasteiger partial charge on any atom is 0.291 e. The van der Waals surface area contributed by atoms with E-state index in [1.54, 1.807) is 13.0 Å². The van der Waals surface area contributed by atoms with Crippen molar-refractivity contribution in [2.75, 3.05) is 5.32 Å². The Kier molecular flexibility index (Phi) is 5.51. The summed E-state index contributed by atoms with van der Waals surface area (Å²) < 4.78 is 1.24. The number of nitro groups is 1. The number of non-ortho nitro benzene ring substituents is 1. The molecule has 32 heavy (non-hydrogen) atoms. The summed E-state index contributed by atoms with van der Waals surface area (Å²) in [5, 5.41) is 20.7. The molecule has 3 aromatic carbocycles. The highest BCUT2D eigenvalue weighted by molar-refractivity contribution is 6.06. The lowest BCUT2D eigenvalue weighted by molar-refractivity contribution is -0.384. The molecule has 0 aliphatic carbocycles. The van der Waals surface area contributed by atoms with Crippen LogP contribution < -0.4 is 10.9 Å². The van der Waals surface area contributed by atoms with Crippen molar-refractivity contribution in [2.45, 2.75) is 20.4 Å². The van der Waals surface area contributed by atoms with Crippen molar-refractivity contribution >= 4 is 33.6 Å². The first-order valence-electron chi connectivity index (χ1n) is 10.1. The Labute approximate surface area is 183 Å². The van der Waals surface area contributed by atoms with Crippen LogP contribution in [-0.4, -0.2) is 20.5 Å². The van der Waals surface area contributed by atoms with Crippen LogP contribution in [0.25, 0.3) is 22.0 Å².